The topological polar surface area (TPSA) is 119 Å². The molecule has 0 unspecified atom stereocenters. The molecule has 0 saturated carbocycles. The number of Topliss-reactive ketones (excluding diaryl/α,β-unsaturated/α-hetero) is 1. The fourth-order valence-corrected chi connectivity index (χ4v) is 5.37. The van der Waals surface area contributed by atoms with Gasteiger partial charge in [-0.15, -0.1) is 0 Å². The Kier molecular flexibility index (Phi) is 5.74. The molecule has 1 saturated heterocycles. The van der Waals surface area contributed by atoms with Crippen molar-refractivity contribution < 1.29 is 22.4 Å². The van der Waals surface area contributed by atoms with E-state index < -0.39 is 21.7 Å². The Labute approximate surface area is 184 Å². The molecule has 1 atom stereocenters. The molecule has 1 fully saturated rings. The summed E-state index contributed by atoms with van der Waals surface area (Å²) in [5.41, 5.74) is 1.79. The maximum Gasteiger partial charge on any atom is 0.419 e. The number of nitrogens with one attached hydrogen (secondary N) is 1. The first-order chi connectivity index (χ1) is 15.2. The number of sulfonamides is 1. The van der Waals surface area contributed by atoms with Gasteiger partial charge < -0.3 is 9.73 Å². The third-order valence-electron chi connectivity index (χ3n) is 5.72. The minimum atomic E-state index is -3.87. The average Bonchev–Trinajstić information content (AvgIpc) is 3.07. The number of hydrogen-bond donors (Lipinski definition) is 1. The Morgan fingerprint density at radius 1 is 1.12 bits per heavy atom. The van der Waals surface area contributed by atoms with Crippen LogP contribution in [0.1, 0.15) is 30.1 Å². The number of nitrogens with zero attached hydrogens (tertiary/aromatic N) is 2. The van der Waals surface area contributed by atoms with Crippen LogP contribution < -0.4 is 11.1 Å². The lowest BCUT2D eigenvalue weighted by molar-refractivity contribution is -0.120. The molecule has 0 radical (unpaired) electrons. The minimum Gasteiger partial charge on any atom is -0.408 e. The summed E-state index contributed by atoms with van der Waals surface area (Å²) in [7, 11) is -2.32. The molecule has 2 heterocycles. The fourth-order valence-electron chi connectivity index (χ4n) is 3.83. The van der Waals surface area contributed by atoms with E-state index in [9.17, 15) is 22.8 Å². The number of aryl methyl sites for hydroxylation is 1. The number of rotatable bonds is 5. The van der Waals surface area contributed by atoms with Crippen molar-refractivity contribution in [2.45, 2.75) is 24.7 Å². The van der Waals surface area contributed by atoms with Crippen molar-refractivity contribution in [2.24, 2.45) is 13.0 Å². The van der Waals surface area contributed by atoms with Crippen LogP contribution in [0.3, 0.4) is 0 Å². The molecule has 1 aliphatic heterocycles. The van der Waals surface area contributed by atoms with Crippen molar-refractivity contribution in [3.8, 4) is 0 Å². The molecule has 1 aliphatic rings. The number of ketones is 1. The van der Waals surface area contributed by atoms with Crippen molar-refractivity contribution >= 4 is 38.5 Å². The number of oxazole rings is 1. The highest BCUT2D eigenvalue weighted by atomic mass is 32.2. The van der Waals surface area contributed by atoms with Gasteiger partial charge in [0, 0.05) is 37.5 Å². The van der Waals surface area contributed by atoms with Crippen LogP contribution in [0.25, 0.3) is 11.1 Å². The Morgan fingerprint density at radius 2 is 1.84 bits per heavy atom. The predicted octanol–water partition coefficient (Wildman–Crippen LogP) is 2.37. The quantitative estimate of drug-likeness (QED) is 0.588. The smallest absolute Gasteiger partial charge is 0.408 e. The standard InChI is InChI=1S/C22H23N3O6S/c1-14(26)15-5-7-17(8-6-15)23-21(27)16-4-3-11-25(13-16)32(29,30)18-9-10-19-20(12-18)31-22(28)24(19)2/h5-10,12,16H,3-4,11,13H2,1-2H3,(H,23,27)/t16-/m1/s1. The number of hydrogen-bond acceptors (Lipinski definition) is 6. The maximum absolute atomic E-state index is 13.2. The molecule has 9 nitrogen and oxygen atoms in total. The summed E-state index contributed by atoms with van der Waals surface area (Å²) >= 11 is 0. The molecule has 1 aromatic heterocycles. The number of piperidine rings is 1. The van der Waals surface area contributed by atoms with Crippen LogP contribution in [-0.2, 0) is 21.9 Å². The number of anilines is 1. The van der Waals surface area contributed by atoms with Crippen molar-refractivity contribution in [1.82, 2.24) is 8.87 Å². The molecule has 32 heavy (non-hydrogen) atoms. The van der Waals surface area contributed by atoms with E-state index in [1.165, 1.54) is 34.0 Å². The Hall–Kier alpha value is -3.24. The largest absolute Gasteiger partial charge is 0.419 e. The highest BCUT2D eigenvalue weighted by Crippen LogP contribution is 2.27. The van der Waals surface area contributed by atoms with Crippen LogP contribution >= 0.6 is 0 Å². The van der Waals surface area contributed by atoms with Crippen LogP contribution in [0, 0.1) is 5.92 Å². The van der Waals surface area contributed by atoms with Crippen molar-refractivity contribution in [3.63, 3.8) is 0 Å². The molecule has 3 aromatic rings. The van der Waals surface area contributed by atoms with E-state index in [1.54, 1.807) is 31.3 Å². The summed E-state index contributed by atoms with van der Waals surface area (Å²) in [6, 6.07) is 10.9. The van der Waals surface area contributed by atoms with E-state index >= 15 is 0 Å². The van der Waals surface area contributed by atoms with Gasteiger partial charge in [0.1, 0.15) is 0 Å². The summed E-state index contributed by atoms with van der Waals surface area (Å²) in [4.78, 5) is 35.9. The number of amides is 1. The molecule has 10 heteroatoms. The van der Waals surface area contributed by atoms with Gasteiger partial charge >= 0.3 is 5.76 Å². The van der Waals surface area contributed by atoms with Gasteiger partial charge in [0.05, 0.1) is 16.3 Å². The first-order valence-electron chi connectivity index (χ1n) is 10.2. The lowest BCUT2D eigenvalue weighted by atomic mass is 9.98. The lowest BCUT2D eigenvalue weighted by Gasteiger charge is -2.31. The van der Waals surface area contributed by atoms with Gasteiger partial charge in [-0.3, -0.25) is 14.2 Å². The highest BCUT2D eigenvalue weighted by molar-refractivity contribution is 7.89. The van der Waals surface area contributed by atoms with E-state index in [0.29, 0.717) is 36.2 Å². The van der Waals surface area contributed by atoms with Gasteiger partial charge in [-0.05, 0) is 56.2 Å². The second-order valence-electron chi connectivity index (χ2n) is 7.88. The molecule has 1 amide bonds. The zero-order valence-corrected chi connectivity index (χ0v) is 18.5. The summed E-state index contributed by atoms with van der Waals surface area (Å²) < 4.78 is 34.1. The fraction of sp³-hybridized carbons (Fsp3) is 0.318. The van der Waals surface area contributed by atoms with Gasteiger partial charge in [-0.2, -0.15) is 4.31 Å². The van der Waals surface area contributed by atoms with E-state index in [0.717, 1.165) is 0 Å². The number of carbonyl (C=O) groups is 2. The molecule has 0 aliphatic carbocycles. The van der Waals surface area contributed by atoms with E-state index in [-0.39, 0.29) is 28.7 Å². The molecule has 0 bridgehead atoms. The Morgan fingerprint density at radius 3 is 2.53 bits per heavy atom. The third kappa shape index (κ3) is 4.11. The highest BCUT2D eigenvalue weighted by Gasteiger charge is 2.33. The lowest BCUT2D eigenvalue weighted by Crippen LogP contribution is -2.43. The second-order valence-corrected chi connectivity index (χ2v) is 9.82. The van der Waals surface area contributed by atoms with Gasteiger partial charge in [0.2, 0.25) is 15.9 Å². The molecule has 4 rings (SSSR count). The molecule has 0 spiro atoms. The summed E-state index contributed by atoms with van der Waals surface area (Å²) in [5, 5.41) is 2.80. The number of benzene rings is 2. The van der Waals surface area contributed by atoms with E-state index in [2.05, 4.69) is 5.32 Å². The van der Waals surface area contributed by atoms with Gasteiger partial charge in [0.15, 0.2) is 11.4 Å². The SMILES string of the molecule is CC(=O)c1ccc(NC(=O)[C@@H]2CCCN(S(=O)(=O)c3ccc4c(c3)oc(=O)n4C)C2)cc1. The van der Waals surface area contributed by atoms with Gasteiger partial charge in [-0.25, -0.2) is 13.2 Å². The zero-order chi connectivity index (χ0) is 23.0. The third-order valence-corrected chi connectivity index (χ3v) is 7.58. The van der Waals surface area contributed by atoms with Crippen LogP contribution in [0.2, 0.25) is 0 Å². The van der Waals surface area contributed by atoms with Crippen LogP contribution in [-0.4, -0.2) is 42.1 Å². The molecule has 1 N–H and O–H groups in total. The Balaban J connectivity index is 1.50. The summed E-state index contributed by atoms with van der Waals surface area (Å²) in [6.07, 6.45) is 1.11. The van der Waals surface area contributed by atoms with Crippen LogP contribution in [0.4, 0.5) is 5.69 Å². The van der Waals surface area contributed by atoms with E-state index in [4.69, 9.17) is 4.42 Å². The first-order valence-corrected chi connectivity index (χ1v) is 11.6. The summed E-state index contributed by atoms with van der Waals surface area (Å²) in [5.74, 6) is -1.42. The monoisotopic (exact) mass is 457 g/mol. The van der Waals surface area contributed by atoms with Crippen molar-refractivity contribution in [2.75, 3.05) is 18.4 Å². The maximum atomic E-state index is 13.2. The molecular weight excluding hydrogens is 434 g/mol. The number of fused-ring (bicyclic) bond motifs is 1. The zero-order valence-electron chi connectivity index (χ0n) is 17.7. The summed E-state index contributed by atoms with van der Waals surface area (Å²) in [6.45, 7) is 1.82. The van der Waals surface area contributed by atoms with Gasteiger partial charge in [0.25, 0.3) is 0 Å². The Bertz CT molecular complexity index is 1350. The van der Waals surface area contributed by atoms with Crippen molar-refractivity contribution in [1.29, 1.82) is 0 Å². The second kappa shape index (κ2) is 8.36. The van der Waals surface area contributed by atoms with Crippen molar-refractivity contribution in [3.05, 3.63) is 58.6 Å². The van der Waals surface area contributed by atoms with E-state index in [1.807, 2.05) is 0 Å². The van der Waals surface area contributed by atoms with Gasteiger partial charge in [-0.1, -0.05) is 0 Å². The molecule has 2 aromatic carbocycles. The number of aromatic nitrogens is 1. The average molecular weight is 458 g/mol. The molecule has 168 valence electrons. The minimum absolute atomic E-state index is 0.0141. The normalized spacial score (nSPS) is 17.4. The number of carbonyl (C=O) groups excluding carboxylic acids is 2. The predicted molar refractivity (Wildman–Crippen MR) is 118 cm³/mol. The van der Waals surface area contributed by atoms with Crippen LogP contribution in [0.5, 0.6) is 0 Å². The van der Waals surface area contributed by atoms with Crippen LogP contribution in [0.15, 0.2) is 56.6 Å². The first kappa shape index (κ1) is 22.0. The molecular formula is C22H23N3O6S.